The highest BCUT2D eigenvalue weighted by molar-refractivity contribution is 6.31. The van der Waals surface area contributed by atoms with E-state index in [1.165, 1.54) is 36.4 Å². The molecule has 25 heavy (non-hydrogen) atoms. The molecule has 0 aromatic heterocycles. The van der Waals surface area contributed by atoms with Crippen molar-refractivity contribution < 1.29 is 18.8 Å². The van der Waals surface area contributed by atoms with Crippen molar-refractivity contribution in [3.8, 4) is 0 Å². The molecule has 0 fully saturated rings. The molecule has 0 atom stereocenters. The molecule has 0 aliphatic carbocycles. The van der Waals surface area contributed by atoms with Gasteiger partial charge in [-0.15, -0.1) is 6.58 Å². The third kappa shape index (κ3) is 3.04. The first kappa shape index (κ1) is 16.9. The molecule has 1 heterocycles. The predicted octanol–water partition coefficient (Wildman–Crippen LogP) is 3.51. The summed E-state index contributed by atoms with van der Waals surface area (Å²) in [5.41, 5.74) is 0.400. The van der Waals surface area contributed by atoms with Gasteiger partial charge in [0.05, 0.1) is 16.8 Å². The quantitative estimate of drug-likeness (QED) is 0.671. The molecule has 7 heteroatoms. The number of nitrogens with one attached hydrogen (secondary N) is 1. The van der Waals surface area contributed by atoms with Crippen LogP contribution in [0.25, 0.3) is 0 Å². The Morgan fingerprint density at radius 2 is 1.88 bits per heavy atom. The Bertz CT molecular complexity index is 927. The van der Waals surface area contributed by atoms with E-state index < -0.39 is 23.5 Å². The monoisotopic (exact) mass is 358 g/mol. The molecule has 3 amide bonds. The van der Waals surface area contributed by atoms with Crippen LogP contribution in [0.5, 0.6) is 0 Å². The second-order valence-corrected chi connectivity index (χ2v) is 5.78. The van der Waals surface area contributed by atoms with E-state index in [1.54, 1.807) is 0 Å². The summed E-state index contributed by atoms with van der Waals surface area (Å²) in [6.07, 6.45) is 1.44. The number of hydrogen-bond donors (Lipinski definition) is 1. The highest BCUT2D eigenvalue weighted by Gasteiger charge is 2.35. The molecule has 1 N–H and O–H groups in total. The second kappa shape index (κ2) is 6.49. The highest BCUT2D eigenvalue weighted by atomic mass is 35.5. The number of nitrogens with zero attached hydrogens (tertiary/aromatic N) is 1. The number of halogens is 2. The first-order valence-electron chi connectivity index (χ1n) is 7.30. The van der Waals surface area contributed by atoms with Gasteiger partial charge in [-0.25, -0.2) is 4.39 Å². The summed E-state index contributed by atoms with van der Waals surface area (Å²) in [5.74, 6) is -2.19. The third-order valence-corrected chi connectivity index (χ3v) is 3.96. The molecule has 2 aromatic rings. The lowest BCUT2D eigenvalue weighted by Crippen LogP contribution is -2.29. The molecule has 5 nitrogen and oxygen atoms in total. The van der Waals surface area contributed by atoms with Gasteiger partial charge in [0.25, 0.3) is 17.7 Å². The first-order chi connectivity index (χ1) is 11.9. The zero-order valence-electron chi connectivity index (χ0n) is 12.9. The van der Waals surface area contributed by atoms with Crippen LogP contribution in [-0.2, 0) is 0 Å². The minimum atomic E-state index is -0.637. The zero-order chi connectivity index (χ0) is 18.1. The van der Waals surface area contributed by atoms with Crippen LogP contribution in [0.2, 0.25) is 5.02 Å². The van der Waals surface area contributed by atoms with Gasteiger partial charge >= 0.3 is 0 Å². The maximum atomic E-state index is 13.7. The molecule has 126 valence electrons. The average molecular weight is 359 g/mol. The number of fused-ring (bicyclic) bond motifs is 1. The van der Waals surface area contributed by atoms with E-state index in [1.807, 2.05) is 0 Å². The second-order valence-electron chi connectivity index (χ2n) is 5.35. The SMILES string of the molecule is C=CCN1C(=O)c2ccc(C(=O)Nc3cc(Cl)ccc3F)cc2C1=O. The lowest BCUT2D eigenvalue weighted by Gasteiger charge is -2.09. The van der Waals surface area contributed by atoms with Crippen LogP contribution in [0.4, 0.5) is 10.1 Å². The number of carbonyl (C=O) groups is 3. The van der Waals surface area contributed by atoms with Crippen molar-refractivity contribution in [3.63, 3.8) is 0 Å². The average Bonchev–Trinajstić information content (AvgIpc) is 2.83. The number of benzene rings is 2. The maximum absolute atomic E-state index is 13.7. The molecule has 0 radical (unpaired) electrons. The fraction of sp³-hybridized carbons (Fsp3) is 0.0556. The van der Waals surface area contributed by atoms with Gasteiger partial charge in [0, 0.05) is 17.1 Å². The third-order valence-electron chi connectivity index (χ3n) is 3.72. The predicted molar refractivity (Wildman–Crippen MR) is 91.4 cm³/mol. The molecule has 0 unspecified atom stereocenters. The van der Waals surface area contributed by atoms with E-state index in [-0.39, 0.29) is 33.9 Å². The summed E-state index contributed by atoms with van der Waals surface area (Å²) >= 11 is 5.79. The number of carbonyl (C=O) groups excluding carboxylic acids is 3. The molecule has 3 rings (SSSR count). The van der Waals surface area contributed by atoms with E-state index in [2.05, 4.69) is 11.9 Å². The Hall–Kier alpha value is -2.99. The smallest absolute Gasteiger partial charge is 0.261 e. The van der Waals surface area contributed by atoms with Crippen LogP contribution in [0.1, 0.15) is 31.1 Å². The molecule has 0 saturated carbocycles. The highest BCUT2D eigenvalue weighted by Crippen LogP contribution is 2.25. The maximum Gasteiger partial charge on any atom is 0.261 e. The number of anilines is 1. The largest absolute Gasteiger partial charge is 0.319 e. The van der Waals surface area contributed by atoms with Crippen LogP contribution in [-0.4, -0.2) is 29.2 Å². The van der Waals surface area contributed by atoms with E-state index in [9.17, 15) is 18.8 Å². The van der Waals surface area contributed by atoms with Crippen LogP contribution >= 0.6 is 11.6 Å². The van der Waals surface area contributed by atoms with Crippen LogP contribution in [0.15, 0.2) is 49.1 Å². The fourth-order valence-electron chi connectivity index (χ4n) is 2.51. The standard InChI is InChI=1S/C18H12ClFN2O3/c1-2-7-22-17(24)12-5-3-10(8-13(12)18(22)25)16(23)21-15-9-11(19)4-6-14(15)20/h2-6,8-9H,1,7H2,(H,21,23). The minimum Gasteiger partial charge on any atom is -0.319 e. The van der Waals surface area contributed by atoms with E-state index in [0.717, 1.165) is 11.0 Å². The normalized spacial score (nSPS) is 13.0. The van der Waals surface area contributed by atoms with Crippen molar-refractivity contribution in [3.05, 3.63) is 76.6 Å². The summed E-state index contributed by atoms with van der Waals surface area (Å²) in [5, 5.41) is 2.67. The number of imide groups is 1. The van der Waals surface area contributed by atoms with Crippen molar-refractivity contribution in [1.29, 1.82) is 0 Å². The van der Waals surface area contributed by atoms with Gasteiger partial charge in [-0.1, -0.05) is 17.7 Å². The van der Waals surface area contributed by atoms with Crippen molar-refractivity contribution in [2.24, 2.45) is 0 Å². The van der Waals surface area contributed by atoms with Crippen LogP contribution in [0.3, 0.4) is 0 Å². The summed E-state index contributed by atoms with van der Waals surface area (Å²) in [6, 6.07) is 7.90. The fourth-order valence-corrected chi connectivity index (χ4v) is 2.69. The molecule has 0 saturated heterocycles. The van der Waals surface area contributed by atoms with E-state index in [0.29, 0.717) is 0 Å². The Labute approximate surface area is 147 Å². The van der Waals surface area contributed by atoms with Crippen LogP contribution < -0.4 is 5.32 Å². The van der Waals surface area contributed by atoms with Crippen molar-refractivity contribution >= 4 is 35.0 Å². The lowest BCUT2D eigenvalue weighted by molar-refractivity contribution is 0.0672. The number of rotatable bonds is 4. The Morgan fingerprint density at radius 1 is 1.16 bits per heavy atom. The molecule has 1 aliphatic heterocycles. The Balaban J connectivity index is 1.89. The van der Waals surface area contributed by atoms with Gasteiger partial charge in [0.2, 0.25) is 0 Å². The lowest BCUT2D eigenvalue weighted by atomic mass is 10.1. The molecule has 0 spiro atoms. The summed E-state index contributed by atoms with van der Waals surface area (Å²) < 4.78 is 13.7. The van der Waals surface area contributed by atoms with Crippen molar-refractivity contribution in [2.75, 3.05) is 11.9 Å². The summed E-state index contributed by atoms with van der Waals surface area (Å²) in [4.78, 5) is 37.8. The van der Waals surface area contributed by atoms with Gasteiger partial charge in [-0.05, 0) is 36.4 Å². The molecular weight excluding hydrogens is 347 g/mol. The zero-order valence-corrected chi connectivity index (χ0v) is 13.6. The summed E-state index contributed by atoms with van der Waals surface area (Å²) in [6.45, 7) is 3.59. The molecular formula is C18H12ClFN2O3. The van der Waals surface area contributed by atoms with Crippen LogP contribution in [0, 0.1) is 5.82 Å². The number of amides is 3. The van der Waals surface area contributed by atoms with Crippen molar-refractivity contribution in [1.82, 2.24) is 4.90 Å². The molecule has 0 bridgehead atoms. The van der Waals surface area contributed by atoms with E-state index in [4.69, 9.17) is 11.6 Å². The van der Waals surface area contributed by atoms with Gasteiger partial charge < -0.3 is 5.32 Å². The van der Waals surface area contributed by atoms with Gasteiger partial charge in [0.15, 0.2) is 0 Å². The first-order valence-corrected chi connectivity index (χ1v) is 7.67. The Morgan fingerprint density at radius 3 is 2.60 bits per heavy atom. The minimum absolute atomic E-state index is 0.0753. The molecule has 1 aliphatic rings. The topological polar surface area (TPSA) is 66.5 Å². The summed E-state index contributed by atoms with van der Waals surface area (Å²) in [7, 11) is 0. The van der Waals surface area contributed by atoms with Gasteiger partial charge in [-0.3, -0.25) is 19.3 Å². The van der Waals surface area contributed by atoms with Crippen molar-refractivity contribution in [2.45, 2.75) is 0 Å². The molecule has 2 aromatic carbocycles. The van der Waals surface area contributed by atoms with E-state index >= 15 is 0 Å². The van der Waals surface area contributed by atoms with Gasteiger partial charge in [-0.2, -0.15) is 0 Å². The van der Waals surface area contributed by atoms with Gasteiger partial charge in [0.1, 0.15) is 5.82 Å². The Kier molecular flexibility index (Phi) is 4.37. The number of hydrogen-bond acceptors (Lipinski definition) is 3.